The molecular formula is Cl4NaPd+. The van der Waals surface area contributed by atoms with Gasteiger partial charge in [-0.25, -0.2) is 0 Å². The fourth-order valence-electron chi connectivity index (χ4n) is 0. The van der Waals surface area contributed by atoms with Gasteiger partial charge in [0.05, 0.1) is 0 Å². The van der Waals surface area contributed by atoms with Gasteiger partial charge in [-0.2, -0.15) is 0 Å². The molecule has 0 aliphatic heterocycles. The van der Waals surface area contributed by atoms with Crippen LogP contribution in [0.15, 0.2) is 0 Å². The summed E-state index contributed by atoms with van der Waals surface area (Å²) in [5, 5.41) is 0. The second-order valence-corrected chi connectivity index (χ2v) is 14.4. The minimum absolute atomic E-state index is 0. The van der Waals surface area contributed by atoms with Crippen molar-refractivity contribution in [2.75, 3.05) is 0 Å². The molecule has 0 saturated heterocycles. The Labute approximate surface area is 77.7 Å². The molecule has 0 saturated carbocycles. The molecule has 0 nitrogen and oxygen atoms in total. The van der Waals surface area contributed by atoms with Crippen molar-refractivity contribution >= 4 is 38.1 Å². The molecule has 0 radical (unpaired) electrons. The molecule has 0 aromatic rings. The molecule has 0 amide bonds. The molecule has 0 fully saturated rings. The van der Waals surface area contributed by atoms with Crippen molar-refractivity contribution in [3.05, 3.63) is 0 Å². The molecule has 6 heteroatoms. The average molecular weight is 271 g/mol. The van der Waals surface area contributed by atoms with Crippen LogP contribution in [-0.2, 0) is 11.5 Å². The summed E-state index contributed by atoms with van der Waals surface area (Å²) >= 11 is -2.81. The van der Waals surface area contributed by atoms with E-state index in [2.05, 4.69) is 0 Å². The van der Waals surface area contributed by atoms with Gasteiger partial charge in [0, 0.05) is 0 Å². The van der Waals surface area contributed by atoms with Crippen molar-refractivity contribution in [1.29, 1.82) is 0 Å². The van der Waals surface area contributed by atoms with Gasteiger partial charge >= 0.3 is 79.1 Å². The zero-order chi connectivity index (χ0) is 4.50. The second-order valence-electron chi connectivity index (χ2n) is 0.271. The smallest absolute Gasteiger partial charge is 1.00 e. The molecule has 0 bridgehead atoms. The van der Waals surface area contributed by atoms with Gasteiger partial charge in [0.2, 0.25) is 0 Å². The molecule has 0 aliphatic carbocycles. The van der Waals surface area contributed by atoms with Gasteiger partial charge in [-0.15, -0.1) is 0 Å². The summed E-state index contributed by atoms with van der Waals surface area (Å²) in [7, 11) is 19.9. The minimum atomic E-state index is -2.81. The molecule has 0 rings (SSSR count). The molecule has 38 valence electrons. The maximum atomic E-state index is 4.98. The van der Waals surface area contributed by atoms with E-state index < -0.39 is 11.5 Å². The van der Waals surface area contributed by atoms with Gasteiger partial charge in [-0.3, -0.25) is 0 Å². The molecule has 0 unspecified atom stereocenters. The SMILES string of the molecule is [Cl][Pd]([Cl])([Cl])[Cl].[Na+]. The van der Waals surface area contributed by atoms with E-state index in [1.807, 2.05) is 0 Å². The van der Waals surface area contributed by atoms with Crippen LogP contribution in [0.5, 0.6) is 0 Å². The van der Waals surface area contributed by atoms with E-state index in [-0.39, 0.29) is 29.6 Å². The normalized spacial score (nSPS) is 12.7. The summed E-state index contributed by atoms with van der Waals surface area (Å²) in [6.45, 7) is 0. The van der Waals surface area contributed by atoms with Crippen LogP contribution >= 0.6 is 38.1 Å². The third kappa shape index (κ3) is 29.0. The Morgan fingerprint density at radius 2 is 0.833 bits per heavy atom. The van der Waals surface area contributed by atoms with Crippen LogP contribution in [0.4, 0.5) is 0 Å². The van der Waals surface area contributed by atoms with Crippen LogP contribution in [-0.4, -0.2) is 0 Å². The predicted octanol–water partition coefficient (Wildman–Crippen LogP) is -0.241. The van der Waals surface area contributed by atoms with E-state index in [0.29, 0.717) is 0 Å². The number of halogens is 4. The van der Waals surface area contributed by atoms with Gasteiger partial charge in [-0.1, -0.05) is 0 Å². The van der Waals surface area contributed by atoms with Gasteiger partial charge < -0.3 is 0 Å². The minimum Gasteiger partial charge on any atom is 1.00 e. The molecule has 0 heterocycles. The van der Waals surface area contributed by atoms with Gasteiger partial charge in [-0.05, 0) is 0 Å². The van der Waals surface area contributed by atoms with Crippen molar-refractivity contribution < 1.29 is 41.0 Å². The van der Waals surface area contributed by atoms with Crippen molar-refractivity contribution in [1.82, 2.24) is 0 Å². The van der Waals surface area contributed by atoms with Crippen LogP contribution in [0, 0.1) is 0 Å². The zero-order valence-electron chi connectivity index (χ0n) is 2.83. The summed E-state index contributed by atoms with van der Waals surface area (Å²) in [6.07, 6.45) is 0. The summed E-state index contributed by atoms with van der Waals surface area (Å²) in [5.74, 6) is 0. The predicted molar refractivity (Wildman–Crippen MR) is 23.4 cm³/mol. The zero-order valence-corrected chi connectivity index (χ0v) is 9.41. The van der Waals surface area contributed by atoms with Crippen LogP contribution in [0.3, 0.4) is 0 Å². The van der Waals surface area contributed by atoms with E-state index in [4.69, 9.17) is 38.1 Å². The summed E-state index contributed by atoms with van der Waals surface area (Å²) in [5.41, 5.74) is 0. The first kappa shape index (κ1) is 11.6. The van der Waals surface area contributed by atoms with Crippen molar-refractivity contribution in [3.8, 4) is 0 Å². The summed E-state index contributed by atoms with van der Waals surface area (Å²) in [6, 6.07) is 0. The first-order chi connectivity index (χ1) is 2.00. The number of hydrogen-bond donors (Lipinski definition) is 0. The Morgan fingerprint density at radius 3 is 0.833 bits per heavy atom. The molecule has 0 aliphatic rings. The maximum Gasteiger partial charge on any atom is 1.00 e. The maximum absolute atomic E-state index is 4.98. The van der Waals surface area contributed by atoms with Crippen molar-refractivity contribution in [3.63, 3.8) is 0 Å². The van der Waals surface area contributed by atoms with Crippen molar-refractivity contribution in [2.45, 2.75) is 0 Å². The third-order valence-electron chi connectivity index (χ3n) is 0. The fraction of sp³-hybridized carbons (Fsp3) is 0. The van der Waals surface area contributed by atoms with Gasteiger partial charge in [0.1, 0.15) is 0 Å². The first-order valence-electron chi connectivity index (χ1n) is 0.478. The molecule has 0 N–H and O–H groups in total. The third-order valence-corrected chi connectivity index (χ3v) is 0. The number of rotatable bonds is 0. The average Bonchev–Trinajstić information content (AvgIpc) is 0.722. The standard InChI is InChI=1S/4ClH.Na.Pd/h4*1H;;/q;;;;+1;+4/p-4. The largest absolute Gasteiger partial charge is 1.00 e. The summed E-state index contributed by atoms with van der Waals surface area (Å²) in [4.78, 5) is 0. The monoisotopic (exact) mass is 269 g/mol. The van der Waals surface area contributed by atoms with E-state index in [9.17, 15) is 0 Å². The molecule has 0 aromatic carbocycles. The van der Waals surface area contributed by atoms with Crippen molar-refractivity contribution in [2.24, 2.45) is 0 Å². The Balaban J connectivity index is 0. The molecule has 0 spiro atoms. The Bertz CT molecular complexity index is 23.0. The van der Waals surface area contributed by atoms with Gasteiger partial charge in [0.15, 0.2) is 0 Å². The topological polar surface area (TPSA) is 0 Å². The van der Waals surface area contributed by atoms with Crippen LogP contribution in [0.25, 0.3) is 0 Å². The van der Waals surface area contributed by atoms with E-state index in [1.165, 1.54) is 0 Å². The summed E-state index contributed by atoms with van der Waals surface area (Å²) < 4.78 is 0. The van der Waals surface area contributed by atoms with E-state index >= 15 is 0 Å². The Morgan fingerprint density at radius 1 is 0.833 bits per heavy atom. The Hall–Kier alpha value is 2.82. The molecule has 0 aromatic heterocycles. The molecule has 0 atom stereocenters. The van der Waals surface area contributed by atoms with E-state index in [0.717, 1.165) is 0 Å². The second kappa shape index (κ2) is 4.68. The van der Waals surface area contributed by atoms with E-state index in [1.54, 1.807) is 0 Å². The quantitative estimate of drug-likeness (QED) is 0.533. The van der Waals surface area contributed by atoms with Crippen LogP contribution in [0.2, 0.25) is 0 Å². The van der Waals surface area contributed by atoms with Gasteiger partial charge in [0.25, 0.3) is 0 Å². The van der Waals surface area contributed by atoms with Crippen LogP contribution < -0.4 is 29.6 Å². The molecule has 6 heavy (non-hydrogen) atoms. The van der Waals surface area contributed by atoms with Crippen LogP contribution in [0.1, 0.15) is 0 Å². The molecular weight excluding hydrogens is 271 g/mol. The first-order valence-corrected chi connectivity index (χ1v) is 8.49. The Kier molecular flexibility index (Phi) is 9.04. The fourth-order valence-corrected chi connectivity index (χ4v) is 0. The number of hydrogen-bond acceptors (Lipinski definition) is 0.